The molecule has 6 nitrogen and oxygen atoms in total. The van der Waals surface area contributed by atoms with Crippen LogP contribution in [0.5, 0.6) is 0 Å². The van der Waals surface area contributed by atoms with Crippen molar-refractivity contribution in [3.63, 3.8) is 0 Å². The van der Waals surface area contributed by atoms with Crippen LogP contribution in [0.15, 0.2) is 30.6 Å². The Labute approximate surface area is 148 Å². The number of rotatable bonds is 6. The van der Waals surface area contributed by atoms with Gasteiger partial charge in [0.05, 0.1) is 24.5 Å². The van der Waals surface area contributed by atoms with Crippen molar-refractivity contribution in [1.29, 1.82) is 0 Å². The van der Waals surface area contributed by atoms with Crippen LogP contribution in [0.4, 0.5) is 0 Å². The third-order valence-electron chi connectivity index (χ3n) is 5.02. The molecule has 2 aliphatic heterocycles. The largest absolute Gasteiger partial charge is 0.381 e. The van der Waals surface area contributed by atoms with Gasteiger partial charge in [-0.05, 0) is 49.4 Å². The van der Waals surface area contributed by atoms with Gasteiger partial charge in [-0.2, -0.15) is 5.10 Å². The van der Waals surface area contributed by atoms with E-state index in [9.17, 15) is 0 Å². The average molecular weight is 342 g/mol. The van der Waals surface area contributed by atoms with E-state index < -0.39 is 0 Å². The van der Waals surface area contributed by atoms with Gasteiger partial charge >= 0.3 is 0 Å². The molecule has 2 aromatic rings. The summed E-state index contributed by atoms with van der Waals surface area (Å²) >= 11 is 0. The molecule has 4 heterocycles. The van der Waals surface area contributed by atoms with Crippen LogP contribution in [0, 0.1) is 5.92 Å². The summed E-state index contributed by atoms with van der Waals surface area (Å²) in [5.41, 5.74) is 3.42. The van der Waals surface area contributed by atoms with Gasteiger partial charge < -0.3 is 14.8 Å². The lowest BCUT2D eigenvalue weighted by atomic mass is 10.00. The maximum absolute atomic E-state index is 5.98. The van der Waals surface area contributed by atoms with Crippen molar-refractivity contribution in [3.05, 3.63) is 47.5 Å². The highest BCUT2D eigenvalue weighted by atomic mass is 16.5. The lowest BCUT2D eigenvalue weighted by Crippen LogP contribution is -2.33. The molecule has 0 aliphatic carbocycles. The molecule has 134 valence electrons. The molecular weight excluding hydrogens is 316 g/mol. The SMILES string of the molecule is c1ccc(Cn2cc3c(n2)[C@@H](CNCC2CCOCC2)OCC3)nc1. The monoisotopic (exact) mass is 342 g/mol. The standard InChI is InChI=1S/C19H26N4O2/c1-2-7-21-17(3-1)14-23-13-16-6-10-25-18(19(16)22-23)12-20-11-15-4-8-24-9-5-15/h1-3,7,13,15,18,20H,4-6,8-12,14H2/t18-/m1/s1. The first-order valence-electron chi connectivity index (χ1n) is 9.24. The van der Waals surface area contributed by atoms with Crippen LogP contribution in [0.2, 0.25) is 0 Å². The van der Waals surface area contributed by atoms with Gasteiger partial charge in [0.15, 0.2) is 0 Å². The highest BCUT2D eigenvalue weighted by Gasteiger charge is 2.25. The summed E-state index contributed by atoms with van der Waals surface area (Å²) in [4.78, 5) is 4.39. The number of pyridine rings is 1. The average Bonchev–Trinajstić information content (AvgIpc) is 3.07. The molecule has 0 spiro atoms. The van der Waals surface area contributed by atoms with Crippen molar-refractivity contribution in [1.82, 2.24) is 20.1 Å². The van der Waals surface area contributed by atoms with Gasteiger partial charge in [0, 0.05) is 32.2 Å². The predicted molar refractivity (Wildman–Crippen MR) is 94.4 cm³/mol. The summed E-state index contributed by atoms with van der Waals surface area (Å²) in [5.74, 6) is 0.721. The maximum atomic E-state index is 5.98. The van der Waals surface area contributed by atoms with E-state index in [1.54, 1.807) is 0 Å². The van der Waals surface area contributed by atoms with Crippen LogP contribution in [0.3, 0.4) is 0 Å². The van der Waals surface area contributed by atoms with Crippen LogP contribution in [0.1, 0.15) is 35.9 Å². The quantitative estimate of drug-likeness (QED) is 0.869. The highest BCUT2D eigenvalue weighted by molar-refractivity contribution is 5.23. The molecule has 1 atom stereocenters. The van der Waals surface area contributed by atoms with Crippen molar-refractivity contribution in [2.75, 3.05) is 32.9 Å². The summed E-state index contributed by atoms with van der Waals surface area (Å²) in [5, 5.41) is 8.37. The maximum Gasteiger partial charge on any atom is 0.114 e. The Morgan fingerprint density at radius 3 is 2.92 bits per heavy atom. The van der Waals surface area contributed by atoms with E-state index in [0.717, 1.165) is 69.5 Å². The first-order valence-corrected chi connectivity index (χ1v) is 9.24. The second-order valence-corrected chi connectivity index (χ2v) is 6.88. The zero-order valence-corrected chi connectivity index (χ0v) is 14.6. The molecule has 0 amide bonds. The molecule has 2 aliphatic rings. The van der Waals surface area contributed by atoms with Gasteiger partial charge in [-0.1, -0.05) is 6.07 Å². The minimum Gasteiger partial charge on any atom is -0.381 e. The van der Waals surface area contributed by atoms with Crippen LogP contribution in [0.25, 0.3) is 0 Å². The van der Waals surface area contributed by atoms with E-state index in [0.29, 0.717) is 6.54 Å². The van der Waals surface area contributed by atoms with E-state index in [2.05, 4.69) is 16.5 Å². The molecule has 0 aromatic carbocycles. The fourth-order valence-corrected chi connectivity index (χ4v) is 3.59. The van der Waals surface area contributed by atoms with E-state index in [1.807, 2.05) is 29.1 Å². The minimum absolute atomic E-state index is 0.0496. The third-order valence-corrected chi connectivity index (χ3v) is 5.02. The molecule has 0 bridgehead atoms. The molecule has 2 aromatic heterocycles. The van der Waals surface area contributed by atoms with Crippen LogP contribution >= 0.6 is 0 Å². The number of hydrogen-bond acceptors (Lipinski definition) is 5. The Morgan fingerprint density at radius 1 is 1.16 bits per heavy atom. The molecule has 0 saturated carbocycles. The second kappa shape index (κ2) is 8.08. The Morgan fingerprint density at radius 2 is 2.08 bits per heavy atom. The summed E-state index contributed by atoms with van der Waals surface area (Å²) in [6.45, 7) is 5.13. The van der Waals surface area contributed by atoms with Gasteiger partial charge in [-0.15, -0.1) is 0 Å². The molecule has 1 saturated heterocycles. The number of aromatic nitrogens is 3. The molecule has 1 fully saturated rings. The fraction of sp³-hybridized carbons (Fsp3) is 0.579. The molecule has 1 N–H and O–H groups in total. The highest BCUT2D eigenvalue weighted by Crippen LogP contribution is 2.25. The van der Waals surface area contributed by atoms with Crippen molar-refractivity contribution < 1.29 is 9.47 Å². The normalized spacial score (nSPS) is 21.2. The molecule has 4 rings (SSSR count). The third kappa shape index (κ3) is 4.26. The number of hydrogen-bond donors (Lipinski definition) is 1. The topological polar surface area (TPSA) is 61.2 Å². The lowest BCUT2D eigenvalue weighted by Gasteiger charge is -2.25. The molecule has 0 unspecified atom stereocenters. The number of nitrogens with zero attached hydrogens (tertiary/aromatic N) is 3. The molecule has 0 radical (unpaired) electrons. The van der Waals surface area contributed by atoms with Gasteiger partial charge in [0.25, 0.3) is 0 Å². The number of nitrogens with one attached hydrogen (secondary N) is 1. The van der Waals surface area contributed by atoms with E-state index >= 15 is 0 Å². The predicted octanol–water partition coefficient (Wildman–Crippen LogP) is 1.96. The minimum atomic E-state index is 0.0496. The second-order valence-electron chi connectivity index (χ2n) is 6.88. The Bertz CT molecular complexity index is 667. The van der Waals surface area contributed by atoms with E-state index in [-0.39, 0.29) is 6.10 Å². The summed E-state index contributed by atoms with van der Waals surface area (Å²) in [6, 6.07) is 5.98. The van der Waals surface area contributed by atoms with Gasteiger partial charge in [-0.25, -0.2) is 0 Å². The van der Waals surface area contributed by atoms with Gasteiger partial charge in [-0.3, -0.25) is 9.67 Å². The summed E-state index contributed by atoms with van der Waals surface area (Å²) < 4.78 is 13.4. The smallest absolute Gasteiger partial charge is 0.114 e. The Hall–Kier alpha value is -1.76. The number of ether oxygens (including phenoxy) is 2. The van der Waals surface area contributed by atoms with Crippen molar-refractivity contribution in [2.45, 2.75) is 31.9 Å². The van der Waals surface area contributed by atoms with E-state index in [1.165, 1.54) is 5.56 Å². The zero-order chi connectivity index (χ0) is 16.9. The van der Waals surface area contributed by atoms with E-state index in [4.69, 9.17) is 14.6 Å². The summed E-state index contributed by atoms with van der Waals surface area (Å²) in [7, 11) is 0. The molecule has 6 heteroatoms. The van der Waals surface area contributed by atoms with Crippen LogP contribution < -0.4 is 5.32 Å². The lowest BCUT2D eigenvalue weighted by molar-refractivity contribution is 0.0353. The van der Waals surface area contributed by atoms with Crippen molar-refractivity contribution >= 4 is 0 Å². The number of fused-ring (bicyclic) bond motifs is 1. The fourth-order valence-electron chi connectivity index (χ4n) is 3.59. The Balaban J connectivity index is 1.36. The first-order chi connectivity index (χ1) is 12.4. The van der Waals surface area contributed by atoms with Crippen molar-refractivity contribution in [3.8, 4) is 0 Å². The summed E-state index contributed by atoms with van der Waals surface area (Å²) in [6.07, 6.45) is 7.27. The van der Waals surface area contributed by atoms with Gasteiger partial charge in [0.1, 0.15) is 6.10 Å². The zero-order valence-electron chi connectivity index (χ0n) is 14.6. The Kier molecular flexibility index (Phi) is 5.40. The molecule has 25 heavy (non-hydrogen) atoms. The van der Waals surface area contributed by atoms with Crippen LogP contribution in [-0.2, 0) is 22.4 Å². The first kappa shape index (κ1) is 16.7. The molecular formula is C19H26N4O2. The van der Waals surface area contributed by atoms with Crippen molar-refractivity contribution in [2.24, 2.45) is 5.92 Å². The van der Waals surface area contributed by atoms with Crippen LogP contribution in [-0.4, -0.2) is 47.7 Å². The van der Waals surface area contributed by atoms with Gasteiger partial charge in [0.2, 0.25) is 0 Å².